The van der Waals surface area contributed by atoms with Crippen LogP contribution < -0.4 is 5.32 Å². The molecule has 1 aromatic heterocycles. The van der Waals surface area contributed by atoms with Crippen LogP contribution in [0.5, 0.6) is 0 Å². The smallest absolute Gasteiger partial charge is 0.243 e. The van der Waals surface area contributed by atoms with Gasteiger partial charge in [0.15, 0.2) is 0 Å². The summed E-state index contributed by atoms with van der Waals surface area (Å²) >= 11 is 0. The second-order valence-corrected chi connectivity index (χ2v) is 6.17. The summed E-state index contributed by atoms with van der Waals surface area (Å²) in [4.78, 5) is 16.0. The average molecular weight is 269 g/mol. The van der Waals surface area contributed by atoms with Crippen molar-refractivity contribution in [3.8, 4) is 0 Å². The number of amides is 1. The number of sulfonamides is 1. The summed E-state index contributed by atoms with van der Waals surface area (Å²) in [5.41, 5.74) is 0. The predicted molar refractivity (Wildman–Crippen MR) is 67.4 cm³/mol. The fourth-order valence-electron chi connectivity index (χ4n) is 2.05. The molecule has 2 rings (SSSR count). The summed E-state index contributed by atoms with van der Waals surface area (Å²) in [6, 6.07) is 4.54. The highest BCUT2D eigenvalue weighted by molar-refractivity contribution is 7.88. The van der Waals surface area contributed by atoms with E-state index in [1.54, 1.807) is 24.4 Å². The zero-order chi connectivity index (χ0) is 13.2. The van der Waals surface area contributed by atoms with E-state index in [0.29, 0.717) is 25.2 Å². The van der Waals surface area contributed by atoms with Crippen LogP contribution in [-0.4, -0.2) is 42.5 Å². The van der Waals surface area contributed by atoms with Crippen LogP contribution in [0.3, 0.4) is 0 Å². The number of hydrogen-bond acceptors (Lipinski definition) is 4. The Bertz CT molecular complexity index is 530. The SMILES string of the molecule is CS(=O)(=O)N1CCC[C@@H]1C(=O)Nc1ccccn1. The van der Waals surface area contributed by atoms with Crippen molar-refractivity contribution in [2.45, 2.75) is 18.9 Å². The Hall–Kier alpha value is -1.47. The van der Waals surface area contributed by atoms with Crippen molar-refractivity contribution in [1.82, 2.24) is 9.29 Å². The molecule has 1 saturated heterocycles. The van der Waals surface area contributed by atoms with Crippen molar-refractivity contribution in [1.29, 1.82) is 0 Å². The van der Waals surface area contributed by atoms with Crippen molar-refractivity contribution in [3.05, 3.63) is 24.4 Å². The van der Waals surface area contributed by atoms with Crippen molar-refractivity contribution >= 4 is 21.7 Å². The summed E-state index contributed by atoms with van der Waals surface area (Å²) in [5.74, 6) is 0.111. The summed E-state index contributed by atoms with van der Waals surface area (Å²) in [7, 11) is -3.34. The van der Waals surface area contributed by atoms with Crippen LogP contribution in [0.2, 0.25) is 0 Å². The molecule has 1 atom stereocenters. The van der Waals surface area contributed by atoms with Crippen molar-refractivity contribution in [2.24, 2.45) is 0 Å². The zero-order valence-electron chi connectivity index (χ0n) is 10.0. The molecule has 0 bridgehead atoms. The minimum atomic E-state index is -3.34. The van der Waals surface area contributed by atoms with Gasteiger partial charge >= 0.3 is 0 Å². The molecule has 2 heterocycles. The van der Waals surface area contributed by atoms with Gasteiger partial charge in [0.2, 0.25) is 15.9 Å². The summed E-state index contributed by atoms with van der Waals surface area (Å²) in [5, 5.41) is 2.63. The molecule has 1 aromatic rings. The molecule has 1 amide bonds. The van der Waals surface area contributed by atoms with E-state index < -0.39 is 16.1 Å². The number of aromatic nitrogens is 1. The van der Waals surface area contributed by atoms with E-state index in [-0.39, 0.29) is 5.91 Å². The maximum Gasteiger partial charge on any atom is 0.243 e. The number of carbonyl (C=O) groups excluding carboxylic acids is 1. The Labute approximate surface area is 106 Å². The lowest BCUT2D eigenvalue weighted by Gasteiger charge is -2.20. The molecule has 98 valence electrons. The van der Waals surface area contributed by atoms with Gasteiger partial charge in [-0.15, -0.1) is 0 Å². The topological polar surface area (TPSA) is 79.4 Å². The van der Waals surface area contributed by atoms with Crippen LogP contribution in [0.25, 0.3) is 0 Å². The summed E-state index contributed by atoms with van der Waals surface area (Å²) in [6.07, 6.45) is 3.94. The molecule has 0 unspecified atom stereocenters. The van der Waals surface area contributed by atoms with E-state index in [0.717, 1.165) is 6.26 Å². The zero-order valence-corrected chi connectivity index (χ0v) is 10.9. The first kappa shape index (κ1) is 13.0. The van der Waals surface area contributed by atoms with Crippen LogP contribution in [0.15, 0.2) is 24.4 Å². The third kappa shape index (κ3) is 2.85. The van der Waals surface area contributed by atoms with Gasteiger partial charge in [-0.3, -0.25) is 4.79 Å². The highest BCUT2D eigenvalue weighted by atomic mass is 32.2. The minimum Gasteiger partial charge on any atom is -0.309 e. The van der Waals surface area contributed by atoms with Gasteiger partial charge in [-0.25, -0.2) is 13.4 Å². The van der Waals surface area contributed by atoms with Gasteiger partial charge in [-0.1, -0.05) is 6.07 Å². The third-order valence-corrected chi connectivity index (χ3v) is 4.14. The lowest BCUT2D eigenvalue weighted by Crippen LogP contribution is -2.42. The van der Waals surface area contributed by atoms with E-state index in [9.17, 15) is 13.2 Å². The fourth-order valence-corrected chi connectivity index (χ4v) is 3.17. The minimum absolute atomic E-state index is 0.323. The second-order valence-electron chi connectivity index (χ2n) is 4.24. The molecule has 0 saturated carbocycles. The van der Waals surface area contributed by atoms with E-state index in [1.807, 2.05) is 0 Å². The van der Waals surface area contributed by atoms with E-state index in [1.165, 1.54) is 4.31 Å². The van der Waals surface area contributed by atoms with Crippen LogP contribution in [0.4, 0.5) is 5.82 Å². The maximum atomic E-state index is 12.0. The van der Waals surface area contributed by atoms with E-state index in [2.05, 4.69) is 10.3 Å². The molecule has 1 N–H and O–H groups in total. The molecule has 7 heteroatoms. The number of nitrogens with one attached hydrogen (secondary N) is 1. The standard InChI is InChI=1S/C11H15N3O3S/c1-18(16,17)14-8-4-5-9(14)11(15)13-10-6-2-3-7-12-10/h2-3,6-7,9H,4-5,8H2,1H3,(H,12,13,15)/t9-/m1/s1. The first-order valence-corrected chi connectivity index (χ1v) is 7.52. The second kappa shape index (κ2) is 5.03. The number of rotatable bonds is 3. The Kier molecular flexibility index (Phi) is 3.63. The van der Waals surface area contributed by atoms with Gasteiger partial charge in [-0.05, 0) is 25.0 Å². The maximum absolute atomic E-state index is 12.0. The number of carbonyl (C=O) groups is 1. The molecule has 0 aromatic carbocycles. The Morgan fingerprint density at radius 2 is 2.28 bits per heavy atom. The molecule has 0 spiro atoms. The normalized spacial score (nSPS) is 20.8. The van der Waals surface area contributed by atoms with Crippen LogP contribution in [-0.2, 0) is 14.8 Å². The molecule has 0 radical (unpaired) electrons. The molecule has 1 fully saturated rings. The van der Waals surface area contributed by atoms with Gasteiger partial charge in [-0.2, -0.15) is 4.31 Å². The van der Waals surface area contributed by atoms with E-state index in [4.69, 9.17) is 0 Å². The monoisotopic (exact) mass is 269 g/mol. The van der Waals surface area contributed by atoms with Crippen LogP contribution >= 0.6 is 0 Å². The first-order chi connectivity index (χ1) is 8.48. The van der Waals surface area contributed by atoms with Crippen LogP contribution in [0, 0.1) is 0 Å². The number of anilines is 1. The van der Waals surface area contributed by atoms with Crippen molar-refractivity contribution < 1.29 is 13.2 Å². The highest BCUT2D eigenvalue weighted by Crippen LogP contribution is 2.21. The Balaban J connectivity index is 2.10. The van der Waals surface area contributed by atoms with Gasteiger partial charge in [0, 0.05) is 12.7 Å². The van der Waals surface area contributed by atoms with Gasteiger partial charge in [0.1, 0.15) is 11.9 Å². The lowest BCUT2D eigenvalue weighted by atomic mass is 10.2. The van der Waals surface area contributed by atoms with Gasteiger partial charge in [0.05, 0.1) is 6.26 Å². The molecule has 1 aliphatic heterocycles. The Morgan fingerprint density at radius 3 is 2.89 bits per heavy atom. The van der Waals surface area contributed by atoms with Crippen LogP contribution in [0.1, 0.15) is 12.8 Å². The molecule has 1 aliphatic rings. The predicted octanol–water partition coefficient (Wildman–Crippen LogP) is 0.444. The Morgan fingerprint density at radius 1 is 1.50 bits per heavy atom. The third-order valence-electron chi connectivity index (χ3n) is 2.85. The van der Waals surface area contributed by atoms with Crippen molar-refractivity contribution in [2.75, 3.05) is 18.1 Å². The summed E-state index contributed by atoms with van der Waals surface area (Å²) in [6.45, 7) is 0.402. The molecule has 6 nitrogen and oxygen atoms in total. The number of pyridine rings is 1. The fraction of sp³-hybridized carbons (Fsp3) is 0.455. The quantitative estimate of drug-likeness (QED) is 0.863. The van der Waals surface area contributed by atoms with Crippen molar-refractivity contribution in [3.63, 3.8) is 0 Å². The van der Waals surface area contributed by atoms with Gasteiger partial charge < -0.3 is 5.32 Å². The molecular formula is C11H15N3O3S. The number of hydrogen-bond donors (Lipinski definition) is 1. The molecule has 0 aliphatic carbocycles. The molecular weight excluding hydrogens is 254 g/mol. The largest absolute Gasteiger partial charge is 0.309 e. The first-order valence-electron chi connectivity index (χ1n) is 5.67. The van der Waals surface area contributed by atoms with Gasteiger partial charge in [0.25, 0.3) is 0 Å². The highest BCUT2D eigenvalue weighted by Gasteiger charge is 2.36. The summed E-state index contributed by atoms with van der Waals surface area (Å²) < 4.78 is 24.3. The molecule has 18 heavy (non-hydrogen) atoms. The lowest BCUT2D eigenvalue weighted by molar-refractivity contribution is -0.119. The number of nitrogens with zero attached hydrogens (tertiary/aromatic N) is 2. The average Bonchev–Trinajstić information content (AvgIpc) is 2.79. The van der Waals surface area contributed by atoms with E-state index >= 15 is 0 Å².